The number of pyridine rings is 1. The number of rotatable bonds is 3. The van der Waals surface area contributed by atoms with Crippen molar-refractivity contribution in [2.75, 3.05) is 0 Å². The van der Waals surface area contributed by atoms with Gasteiger partial charge in [-0.3, -0.25) is 14.5 Å². The topological polar surface area (TPSA) is 85.6 Å². The summed E-state index contributed by atoms with van der Waals surface area (Å²) >= 11 is 7.98. The average Bonchev–Trinajstić information content (AvgIpc) is 3.41. The molecular weight excluding hydrogens is 482 g/mol. The number of nitrogens with one attached hydrogen (secondary N) is 1. The summed E-state index contributed by atoms with van der Waals surface area (Å²) < 4.78 is 3.34. The second-order valence-electron chi connectivity index (χ2n) is 8.27. The molecule has 0 spiro atoms. The minimum absolute atomic E-state index is 0.399. The molecule has 6 rings (SSSR count). The predicted molar refractivity (Wildman–Crippen MR) is 141 cm³/mol. The van der Waals surface area contributed by atoms with Crippen LogP contribution in [-0.4, -0.2) is 24.3 Å². The van der Waals surface area contributed by atoms with Gasteiger partial charge in [0.05, 0.1) is 23.1 Å². The molecule has 2 aromatic carbocycles. The van der Waals surface area contributed by atoms with Crippen molar-refractivity contribution in [3.05, 3.63) is 98.7 Å². The zero-order chi connectivity index (χ0) is 24.3. The number of aromatic amines is 1. The zero-order valence-corrected chi connectivity index (χ0v) is 20.3. The van der Waals surface area contributed by atoms with Crippen LogP contribution in [0.4, 0.5) is 0 Å². The summed E-state index contributed by atoms with van der Waals surface area (Å²) in [5, 5.41) is 6.63. The SMILES string of the molecule is Cc1nn(C)cc1-c1cccc(Cl)c1-c1cc2[nH]c(=O)n(-c3cncc4ccccc34)c(=O)c2s1. The number of halogens is 1. The van der Waals surface area contributed by atoms with E-state index >= 15 is 0 Å². The van der Waals surface area contributed by atoms with Crippen molar-refractivity contribution >= 4 is 43.9 Å². The first-order valence-electron chi connectivity index (χ1n) is 10.8. The molecule has 4 aromatic heterocycles. The molecule has 0 fully saturated rings. The number of H-pyrrole nitrogens is 1. The van der Waals surface area contributed by atoms with Gasteiger partial charge in [0.1, 0.15) is 4.70 Å². The maximum absolute atomic E-state index is 13.6. The summed E-state index contributed by atoms with van der Waals surface area (Å²) in [5.41, 5.74) is 3.53. The van der Waals surface area contributed by atoms with E-state index in [-0.39, 0.29) is 0 Å². The first-order valence-corrected chi connectivity index (χ1v) is 12.0. The van der Waals surface area contributed by atoms with E-state index in [1.54, 1.807) is 10.9 Å². The van der Waals surface area contributed by atoms with Crippen LogP contribution in [0.3, 0.4) is 0 Å². The number of aromatic nitrogens is 5. The molecule has 0 saturated heterocycles. The van der Waals surface area contributed by atoms with Crippen LogP contribution in [0.5, 0.6) is 0 Å². The number of fused-ring (bicyclic) bond motifs is 2. The van der Waals surface area contributed by atoms with E-state index in [1.165, 1.54) is 17.5 Å². The number of benzene rings is 2. The van der Waals surface area contributed by atoms with Gasteiger partial charge in [0.2, 0.25) is 0 Å². The van der Waals surface area contributed by atoms with Crippen LogP contribution < -0.4 is 11.2 Å². The molecule has 0 radical (unpaired) electrons. The van der Waals surface area contributed by atoms with E-state index in [9.17, 15) is 9.59 Å². The third-order valence-corrected chi connectivity index (χ3v) is 7.48. The number of nitrogens with zero attached hydrogens (tertiary/aromatic N) is 4. The first kappa shape index (κ1) is 21.5. The van der Waals surface area contributed by atoms with Crippen molar-refractivity contribution in [3.8, 4) is 27.3 Å². The van der Waals surface area contributed by atoms with Crippen LogP contribution in [0.15, 0.2) is 76.7 Å². The molecule has 7 nitrogen and oxygen atoms in total. The molecule has 172 valence electrons. The van der Waals surface area contributed by atoms with E-state index in [1.807, 2.05) is 68.7 Å². The van der Waals surface area contributed by atoms with Crippen LogP contribution >= 0.6 is 22.9 Å². The van der Waals surface area contributed by atoms with Crippen LogP contribution in [0.1, 0.15) is 5.69 Å². The highest BCUT2D eigenvalue weighted by atomic mass is 35.5. The molecule has 0 aliphatic carbocycles. The molecule has 0 aliphatic heterocycles. The third kappa shape index (κ3) is 3.41. The van der Waals surface area contributed by atoms with Gasteiger partial charge in [-0.2, -0.15) is 5.10 Å². The molecule has 35 heavy (non-hydrogen) atoms. The van der Waals surface area contributed by atoms with Crippen LogP contribution in [0.25, 0.3) is 48.2 Å². The van der Waals surface area contributed by atoms with Crippen molar-refractivity contribution in [3.63, 3.8) is 0 Å². The van der Waals surface area contributed by atoms with E-state index in [4.69, 9.17) is 11.6 Å². The van der Waals surface area contributed by atoms with Gasteiger partial charge in [0.15, 0.2) is 0 Å². The van der Waals surface area contributed by atoms with Gasteiger partial charge >= 0.3 is 5.69 Å². The smallest absolute Gasteiger partial charge is 0.306 e. The van der Waals surface area contributed by atoms with Crippen LogP contribution in [-0.2, 0) is 7.05 Å². The molecule has 0 aliphatic rings. The summed E-state index contributed by atoms with van der Waals surface area (Å²) in [4.78, 5) is 34.6. The Hall–Kier alpha value is -4.01. The Morgan fingerprint density at radius 3 is 2.66 bits per heavy atom. The fraction of sp³-hybridized carbons (Fsp3) is 0.0769. The lowest BCUT2D eigenvalue weighted by atomic mass is 9.99. The molecule has 0 amide bonds. The number of hydrogen-bond acceptors (Lipinski definition) is 5. The van der Waals surface area contributed by atoms with Gasteiger partial charge in [-0.1, -0.05) is 48.0 Å². The summed E-state index contributed by atoms with van der Waals surface area (Å²) in [6, 6.07) is 15.0. The minimum Gasteiger partial charge on any atom is -0.306 e. The van der Waals surface area contributed by atoms with Gasteiger partial charge in [-0.15, -0.1) is 11.3 Å². The minimum atomic E-state index is -0.521. The fourth-order valence-corrected chi connectivity index (χ4v) is 5.94. The lowest BCUT2D eigenvalue weighted by molar-refractivity contribution is 0.756. The van der Waals surface area contributed by atoms with Gasteiger partial charge in [0, 0.05) is 51.2 Å². The molecule has 9 heteroatoms. The van der Waals surface area contributed by atoms with Crippen LogP contribution in [0, 0.1) is 6.92 Å². The second kappa shape index (κ2) is 8.04. The number of aryl methyl sites for hydroxylation is 2. The molecule has 0 bridgehead atoms. The summed E-state index contributed by atoms with van der Waals surface area (Å²) in [6.45, 7) is 1.94. The molecular formula is C26H18ClN5O2S. The van der Waals surface area contributed by atoms with Crippen molar-refractivity contribution < 1.29 is 0 Å². The number of thiophene rings is 1. The van der Waals surface area contributed by atoms with Gasteiger partial charge in [-0.05, 0) is 24.6 Å². The summed E-state index contributed by atoms with van der Waals surface area (Å²) in [7, 11) is 1.87. The maximum atomic E-state index is 13.6. The standard InChI is InChI=1S/C26H18ClN5O2S/c1-14-18(13-31(2)30-14)17-8-5-9-19(27)23(17)22-10-20-24(35-22)25(33)32(26(34)29-20)21-12-28-11-15-6-3-4-7-16(15)21/h3-13H,1-2H3,(H,29,34). The lowest BCUT2D eigenvalue weighted by Gasteiger charge is -2.09. The molecule has 0 unspecified atom stereocenters. The van der Waals surface area contributed by atoms with Crippen molar-refractivity contribution in [2.45, 2.75) is 6.92 Å². The quantitative estimate of drug-likeness (QED) is 0.357. The Labute approximate surface area is 207 Å². The Balaban J connectivity index is 1.61. The largest absolute Gasteiger partial charge is 0.333 e. The second-order valence-corrected chi connectivity index (χ2v) is 9.73. The molecule has 1 N–H and O–H groups in total. The van der Waals surface area contributed by atoms with E-state index < -0.39 is 11.2 Å². The molecule has 0 saturated carbocycles. The van der Waals surface area contributed by atoms with E-state index in [0.717, 1.165) is 42.6 Å². The Kier molecular flexibility index (Phi) is 4.94. The maximum Gasteiger partial charge on any atom is 0.333 e. The van der Waals surface area contributed by atoms with E-state index in [2.05, 4.69) is 15.1 Å². The summed E-state index contributed by atoms with van der Waals surface area (Å²) in [6.07, 6.45) is 5.19. The van der Waals surface area contributed by atoms with Crippen LogP contribution in [0.2, 0.25) is 5.02 Å². The zero-order valence-electron chi connectivity index (χ0n) is 18.7. The normalized spacial score (nSPS) is 11.5. The van der Waals surface area contributed by atoms with Crippen molar-refractivity contribution in [2.24, 2.45) is 7.05 Å². The Morgan fingerprint density at radius 1 is 1.03 bits per heavy atom. The molecule has 6 aromatic rings. The van der Waals surface area contributed by atoms with Crippen molar-refractivity contribution in [1.82, 2.24) is 24.3 Å². The predicted octanol–water partition coefficient (Wildman–Crippen LogP) is 5.32. The third-order valence-electron chi connectivity index (χ3n) is 6.03. The Morgan fingerprint density at radius 2 is 1.86 bits per heavy atom. The van der Waals surface area contributed by atoms with Crippen molar-refractivity contribution in [1.29, 1.82) is 0 Å². The first-order chi connectivity index (χ1) is 16.9. The molecule has 4 heterocycles. The lowest BCUT2D eigenvalue weighted by Crippen LogP contribution is -2.33. The number of hydrogen-bond donors (Lipinski definition) is 1. The molecule has 0 atom stereocenters. The monoisotopic (exact) mass is 499 g/mol. The van der Waals surface area contributed by atoms with E-state index in [0.29, 0.717) is 20.9 Å². The van der Waals surface area contributed by atoms with Gasteiger partial charge in [0.25, 0.3) is 5.56 Å². The van der Waals surface area contributed by atoms with Gasteiger partial charge in [-0.25, -0.2) is 9.36 Å². The highest BCUT2D eigenvalue weighted by Gasteiger charge is 2.20. The average molecular weight is 500 g/mol. The highest BCUT2D eigenvalue weighted by molar-refractivity contribution is 7.22. The highest BCUT2D eigenvalue weighted by Crippen LogP contribution is 2.42. The summed E-state index contributed by atoms with van der Waals surface area (Å²) in [5.74, 6) is 0. The Bertz CT molecular complexity index is 1890. The fourth-order valence-electron chi connectivity index (χ4n) is 4.49. The van der Waals surface area contributed by atoms with Gasteiger partial charge < -0.3 is 4.98 Å².